The molecule has 6 nitrogen and oxygen atoms in total. The van der Waals surface area contributed by atoms with Crippen molar-refractivity contribution in [3.8, 4) is 11.5 Å². The molecule has 0 spiro atoms. The maximum atomic E-state index is 12.5. The van der Waals surface area contributed by atoms with Gasteiger partial charge in [-0.2, -0.15) is 0 Å². The summed E-state index contributed by atoms with van der Waals surface area (Å²) in [5.41, 5.74) is 4.20. The number of carbonyl (C=O) groups excluding carboxylic acids is 1. The van der Waals surface area contributed by atoms with E-state index in [1.54, 1.807) is 30.5 Å². The van der Waals surface area contributed by atoms with Gasteiger partial charge in [-0.05, 0) is 36.8 Å². The largest absolute Gasteiger partial charge is 0.454 e. The number of carbonyl (C=O) groups is 1. The van der Waals surface area contributed by atoms with E-state index in [0.717, 1.165) is 5.69 Å². The van der Waals surface area contributed by atoms with Crippen molar-refractivity contribution >= 4 is 17.3 Å². The third kappa shape index (κ3) is 4.00. The molecule has 3 aromatic rings. The summed E-state index contributed by atoms with van der Waals surface area (Å²) in [5.74, 6) is 1.01. The van der Waals surface area contributed by atoms with E-state index in [-0.39, 0.29) is 12.7 Å². The summed E-state index contributed by atoms with van der Waals surface area (Å²) in [5, 5.41) is 6.15. The van der Waals surface area contributed by atoms with E-state index in [9.17, 15) is 4.79 Å². The molecule has 0 radical (unpaired) electrons. The van der Waals surface area contributed by atoms with E-state index in [2.05, 4.69) is 46.8 Å². The van der Waals surface area contributed by atoms with Crippen LogP contribution in [0.2, 0.25) is 0 Å². The van der Waals surface area contributed by atoms with Crippen LogP contribution in [0.4, 0.5) is 11.4 Å². The second kappa shape index (κ2) is 7.37. The minimum absolute atomic E-state index is 0.197. The molecule has 2 heterocycles. The zero-order valence-corrected chi connectivity index (χ0v) is 14.9. The molecule has 1 aliphatic heterocycles. The second-order valence-corrected chi connectivity index (χ2v) is 6.29. The Morgan fingerprint density at radius 2 is 1.81 bits per heavy atom. The van der Waals surface area contributed by atoms with Gasteiger partial charge in [0.25, 0.3) is 5.91 Å². The molecule has 6 heteroatoms. The van der Waals surface area contributed by atoms with E-state index in [1.807, 2.05) is 6.07 Å². The van der Waals surface area contributed by atoms with E-state index < -0.39 is 0 Å². The number of aryl methyl sites for hydroxylation is 1. The number of hydrogen-bond acceptors (Lipinski definition) is 5. The average molecular weight is 361 g/mol. The fourth-order valence-electron chi connectivity index (χ4n) is 2.74. The minimum Gasteiger partial charge on any atom is -0.454 e. The van der Waals surface area contributed by atoms with Gasteiger partial charge in [0.2, 0.25) is 6.79 Å². The Labute approximate surface area is 157 Å². The Kier molecular flexibility index (Phi) is 4.61. The van der Waals surface area contributed by atoms with Gasteiger partial charge in [0.05, 0.1) is 0 Å². The van der Waals surface area contributed by atoms with E-state index in [1.165, 1.54) is 11.1 Å². The quantitative estimate of drug-likeness (QED) is 0.719. The molecule has 4 rings (SSSR count). The molecule has 136 valence electrons. The third-order valence-corrected chi connectivity index (χ3v) is 4.24. The van der Waals surface area contributed by atoms with Crippen molar-refractivity contribution in [1.29, 1.82) is 0 Å². The van der Waals surface area contributed by atoms with Gasteiger partial charge in [-0.15, -0.1) is 0 Å². The first-order chi connectivity index (χ1) is 13.2. The van der Waals surface area contributed by atoms with Crippen LogP contribution in [0.1, 0.15) is 21.6 Å². The Hall–Kier alpha value is -3.54. The summed E-state index contributed by atoms with van der Waals surface area (Å²) < 4.78 is 10.6. The van der Waals surface area contributed by atoms with Crippen molar-refractivity contribution in [2.45, 2.75) is 13.5 Å². The Morgan fingerprint density at radius 1 is 1.00 bits per heavy atom. The number of rotatable bonds is 5. The Balaban J connectivity index is 1.42. The molecule has 1 aliphatic rings. The van der Waals surface area contributed by atoms with E-state index in [0.29, 0.717) is 29.4 Å². The predicted molar refractivity (Wildman–Crippen MR) is 103 cm³/mol. The monoisotopic (exact) mass is 361 g/mol. The lowest BCUT2D eigenvalue weighted by atomic mass is 10.1. The molecule has 2 N–H and O–H groups in total. The van der Waals surface area contributed by atoms with Crippen LogP contribution in [0.25, 0.3) is 0 Å². The first kappa shape index (κ1) is 16.9. The lowest BCUT2D eigenvalue weighted by molar-refractivity contribution is 0.102. The molecule has 0 fully saturated rings. The number of nitrogens with zero attached hydrogens (tertiary/aromatic N) is 1. The lowest BCUT2D eigenvalue weighted by Crippen LogP contribution is -2.14. The molecule has 0 saturated carbocycles. The predicted octanol–water partition coefficient (Wildman–Crippen LogP) is 3.98. The highest BCUT2D eigenvalue weighted by Crippen LogP contribution is 2.34. The topological polar surface area (TPSA) is 72.5 Å². The first-order valence-electron chi connectivity index (χ1n) is 8.64. The molecule has 1 amide bonds. The zero-order chi connectivity index (χ0) is 18.6. The van der Waals surface area contributed by atoms with Crippen molar-refractivity contribution in [1.82, 2.24) is 4.98 Å². The number of nitrogens with one attached hydrogen (secondary N) is 2. The first-order valence-corrected chi connectivity index (χ1v) is 8.64. The number of ether oxygens (including phenoxy) is 2. The SMILES string of the molecule is Cc1ccc(CNc2ccnc(C(=O)Nc3ccc4c(c3)OCO4)c2)cc1. The van der Waals surface area contributed by atoms with Crippen molar-refractivity contribution in [2.24, 2.45) is 0 Å². The number of benzene rings is 2. The smallest absolute Gasteiger partial charge is 0.274 e. The molecule has 0 aliphatic carbocycles. The molecule has 1 aromatic heterocycles. The van der Waals surface area contributed by atoms with Crippen LogP contribution >= 0.6 is 0 Å². The summed E-state index contributed by atoms with van der Waals surface area (Å²) >= 11 is 0. The Bertz CT molecular complexity index is 971. The van der Waals surface area contributed by atoms with Gasteiger partial charge in [0.15, 0.2) is 11.5 Å². The van der Waals surface area contributed by atoms with Gasteiger partial charge in [-0.1, -0.05) is 29.8 Å². The van der Waals surface area contributed by atoms with Crippen LogP contribution < -0.4 is 20.1 Å². The molecular formula is C21H19N3O3. The number of hydrogen-bond donors (Lipinski definition) is 2. The van der Waals surface area contributed by atoms with Gasteiger partial charge < -0.3 is 20.1 Å². The summed E-state index contributed by atoms with van der Waals surface area (Å²) in [6.45, 7) is 2.93. The van der Waals surface area contributed by atoms with Crippen LogP contribution in [-0.2, 0) is 6.54 Å². The van der Waals surface area contributed by atoms with Crippen LogP contribution in [0.3, 0.4) is 0 Å². The fraction of sp³-hybridized carbons (Fsp3) is 0.143. The third-order valence-electron chi connectivity index (χ3n) is 4.24. The van der Waals surface area contributed by atoms with Gasteiger partial charge >= 0.3 is 0 Å². The highest BCUT2D eigenvalue weighted by Gasteiger charge is 2.15. The summed E-state index contributed by atoms with van der Waals surface area (Å²) in [7, 11) is 0. The van der Waals surface area contributed by atoms with Gasteiger partial charge in [-0.3, -0.25) is 9.78 Å². The van der Waals surface area contributed by atoms with Crippen molar-refractivity contribution in [2.75, 3.05) is 17.4 Å². The molecule has 0 bridgehead atoms. The van der Waals surface area contributed by atoms with E-state index >= 15 is 0 Å². The molecule has 2 aromatic carbocycles. The van der Waals surface area contributed by atoms with Crippen molar-refractivity contribution in [3.05, 3.63) is 77.6 Å². The van der Waals surface area contributed by atoms with Crippen LogP contribution in [0.5, 0.6) is 11.5 Å². The fourth-order valence-corrected chi connectivity index (χ4v) is 2.74. The Morgan fingerprint density at radius 3 is 2.67 bits per heavy atom. The van der Waals surface area contributed by atoms with Gasteiger partial charge in [0, 0.05) is 30.2 Å². The maximum absolute atomic E-state index is 12.5. The number of anilines is 2. The highest BCUT2D eigenvalue weighted by molar-refractivity contribution is 6.03. The van der Waals surface area contributed by atoms with E-state index in [4.69, 9.17) is 9.47 Å². The zero-order valence-electron chi connectivity index (χ0n) is 14.9. The van der Waals surface area contributed by atoms with Crippen molar-refractivity contribution < 1.29 is 14.3 Å². The summed E-state index contributed by atoms with van der Waals surface area (Å²) in [6.07, 6.45) is 1.62. The van der Waals surface area contributed by atoms with Crippen LogP contribution in [-0.4, -0.2) is 17.7 Å². The van der Waals surface area contributed by atoms with Crippen LogP contribution in [0, 0.1) is 6.92 Å². The molecule has 0 unspecified atom stereocenters. The van der Waals surface area contributed by atoms with Crippen LogP contribution in [0.15, 0.2) is 60.8 Å². The minimum atomic E-state index is -0.284. The summed E-state index contributed by atoms with van der Waals surface area (Å²) in [4.78, 5) is 16.7. The molecule has 0 saturated heterocycles. The second-order valence-electron chi connectivity index (χ2n) is 6.29. The normalized spacial score (nSPS) is 11.9. The average Bonchev–Trinajstić information content (AvgIpc) is 3.15. The lowest BCUT2D eigenvalue weighted by Gasteiger charge is -2.09. The number of pyridine rings is 1. The van der Waals surface area contributed by atoms with Gasteiger partial charge in [0.1, 0.15) is 5.69 Å². The number of aromatic nitrogens is 1. The van der Waals surface area contributed by atoms with Gasteiger partial charge in [-0.25, -0.2) is 0 Å². The number of amides is 1. The summed E-state index contributed by atoms with van der Waals surface area (Å²) in [6, 6.07) is 17.2. The van der Waals surface area contributed by atoms with Crippen molar-refractivity contribution in [3.63, 3.8) is 0 Å². The molecular weight excluding hydrogens is 342 g/mol. The molecule has 27 heavy (non-hydrogen) atoms. The standard InChI is InChI=1S/C21H19N3O3/c1-14-2-4-15(5-3-14)12-23-16-8-9-22-18(10-16)21(25)24-17-6-7-19-20(11-17)27-13-26-19/h2-11H,12-13H2,1H3,(H,22,23)(H,24,25). The highest BCUT2D eigenvalue weighted by atomic mass is 16.7. The maximum Gasteiger partial charge on any atom is 0.274 e. The molecule has 0 atom stereocenters. The number of fused-ring (bicyclic) bond motifs is 1.